The van der Waals surface area contributed by atoms with Gasteiger partial charge in [-0.15, -0.1) is 0 Å². The fourth-order valence-corrected chi connectivity index (χ4v) is 8.58. The lowest BCUT2D eigenvalue weighted by Gasteiger charge is -2.21. The Morgan fingerprint density at radius 3 is 1.14 bits per heavy atom. The van der Waals surface area contributed by atoms with Gasteiger partial charge in [-0.05, 0) is 109 Å². The van der Waals surface area contributed by atoms with Crippen LogP contribution in [0.2, 0.25) is 0 Å². The van der Waals surface area contributed by atoms with Crippen LogP contribution >= 0.6 is 7.82 Å². The van der Waals surface area contributed by atoms with Gasteiger partial charge in [-0.25, -0.2) is 4.57 Å². The number of allylic oxidation sites excluding steroid dienone is 14. The molecule has 0 aliphatic carbocycles. The minimum absolute atomic E-state index is 0.153. The molecule has 12 heteroatoms. The standard InChI is InChI=1S/C62H107O11P/c1-4-7-10-13-16-19-22-25-27-29-31-34-36-39-42-45-48-51-60(64)69-55-59(73-62(66)53-50-47-44-41-38-35-32-30-28-26-23-20-17-14-11-8-5-2)57-71-74(67,68)70-56-58(54-63)72-61(65)52-49-46-43-40-37-33-24-21-18-15-12-9-6-3/h7,10,12,15-17,19-21,24-28,58-59,63H,4-6,8-9,11,13-14,18,22-23,29-57H2,1-3H3,(H,67,68)/b10-7-,15-12-,19-16-,20-17-,24-21-,27-25-,28-26-. The van der Waals surface area contributed by atoms with E-state index in [0.717, 1.165) is 141 Å². The first kappa shape index (κ1) is 70.7. The van der Waals surface area contributed by atoms with Crippen LogP contribution in [0.4, 0.5) is 0 Å². The van der Waals surface area contributed by atoms with Crippen molar-refractivity contribution >= 4 is 25.7 Å². The van der Waals surface area contributed by atoms with Crippen LogP contribution in [-0.2, 0) is 42.2 Å². The lowest BCUT2D eigenvalue weighted by molar-refractivity contribution is -0.161. The van der Waals surface area contributed by atoms with Crippen molar-refractivity contribution in [2.75, 3.05) is 26.4 Å². The van der Waals surface area contributed by atoms with Crippen molar-refractivity contribution in [3.05, 3.63) is 85.1 Å². The second-order valence-electron chi connectivity index (χ2n) is 19.4. The molecule has 0 aromatic rings. The first-order chi connectivity index (χ1) is 36.2. The van der Waals surface area contributed by atoms with Crippen molar-refractivity contribution in [1.29, 1.82) is 0 Å². The zero-order chi connectivity index (χ0) is 54.1. The van der Waals surface area contributed by atoms with Gasteiger partial charge in [0, 0.05) is 19.3 Å². The molecule has 426 valence electrons. The van der Waals surface area contributed by atoms with Gasteiger partial charge in [0.25, 0.3) is 0 Å². The van der Waals surface area contributed by atoms with Crippen molar-refractivity contribution in [1.82, 2.24) is 0 Å². The average molecular weight is 1060 g/mol. The van der Waals surface area contributed by atoms with E-state index in [4.69, 9.17) is 23.3 Å². The summed E-state index contributed by atoms with van der Waals surface area (Å²) in [6, 6.07) is 0. The minimum atomic E-state index is -4.76. The molecule has 11 nitrogen and oxygen atoms in total. The predicted octanol–water partition coefficient (Wildman–Crippen LogP) is 17.5. The molecule has 0 heterocycles. The highest BCUT2D eigenvalue weighted by Crippen LogP contribution is 2.43. The Balaban J connectivity index is 4.76. The molecular weight excluding hydrogens is 952 g/mol. The van der Waals surface area contributed by atoms with Gasteiger partial charge in [0.05, 0.1) is 19.8 Å². The maximum atomic E-state index is 12.9. The number of rotatable bonds is 54. The third-order valence-electron chi connectivity index (χ3n) is 12.3. The second kappa shape index (κ2) is 55.9. The van der Waals surface area contributed by atoms with Crippen molar-refractivity contribution in [3.8, 4) is 0 Å². The molecule has 0 aliphatic heterocycles. The number of carbonyl (C=O) groups excluding carboxylic acids is 3. The summed E-state index contributed by atoms with van der Waals surface area (Å²) in [7, 11) is -4.76. The molecule has 3 unspecified atom stereocenters. The Kier molecular flexibility index (Phi) is 53.4. The highest BCUT2D eigenvalue weighted by atomic mass is 31.2. The van der Waals surface area contributed by atoms with E-state index < -0.39 is 57.8 Å². The van der Waals surface area contributed by atoms with Crippen LogP contribution in [0.1, 0.15) is 252 Å². The molecule has 0 bridgehead atoms. The lowest BCUT2D eigenvalue weighted by Crippen LogP contribution is -2.30. The molecule has 0 rings (SSSR count). The van der Waals surface area contributed by atoms with E-state index in [9.17, 15) is 28.9 Å². The molecule has 0 fully saturated rings. The van der Waals surface area contributed by atoms with E-state index in [2.05, 4.69) is 106 Å². The Hall–Kier alpha value is -3.34. The molecular formula is C62H107O11P. The first-order valence-corrected chi connectivity index (χ1v) is 31.0. The highest BCUT2D eigenvalue weighted by Gasteiger charge is 2.28. The Morgan fingerprint density at radius 2 is 0.730 bits per heavy atom. The van der Waals surface area contributed by atoms with E-state index in [0.29, 0.717) is 19.3 Å². The van der Waals surface area contributed by atoms with Crippen LogP contribution in [-0.4, -0.2) is 66.5 Å². The number of phosphoric ester groups is 1. The van der Waals surface area contributed by atoms with Crippen molar-refractivity contribution < 1.29 is 52.2 Å². The number of aliphatic hydroxyl groups excluding tert-OH is 1. The number of carbonyl (C=O) groups is 3. The number of aliphatic hydroxyl groups is 1. The SMILES string of the molecule is CC/C=C\C/C=C\C/C=C\CCCCCCCCCC(=O)OCC(COP(=O)(O)OCC(CO)OC(=O)CCCCCCC/C=C\C/C=C\CCC)OC(=O)CCCCCCCCC/C=C\C/C=C\CCCCC. The molecule has 2 N–H and O–H groups in total. The summed E-state index contributed by atoms with van der Waals surface area (Å²) in [5.41, 5.74) is 0. The number of unbranched alkanes of at least 4 members (excludes halogenated alkanes) is 23. The first-order valence-electron chi connectivity index (χ1n) is 29.5. The highest BCUT2D eigenvalue weighted by molar-refractivity contribution is 7.47. The summed E-state index contributed by atoms with van der Waals surface area (Å²) in [5.74, 6) is -1.50. The van der Waals surface area contributed by atoms with Crippen molar-refractivity contribution in [2.24, 2.45) is 0 Å². The molecule has 0 aromatic heterocycles. The van der Waals surface area contributed by atoms with Crippen LogP contribution in [0, 0.1) is 0 Å². The van der Waals surface area contributed by atoms with Gasteiger partial charge < -0.3 is 24.2 Å². The average Bonchev–Trinajstić information content (AvgIpc) is 3.39. The summed E-state index contributed by atoms with van der Waals surface area (Å²) >= 11 is 0. The van der Waals surface area contributed by atoms with Gasteiger partial charge in [-0.1, -0.05) is 209 Å². The molecule has 0 amide bonds. The largest absolute Gasteiger partial charge is 0.472 e. The number of esters is 3. The van der Waals surface area contributed by atoms with E-state index in [1.165, 1.54) is 51.4 Å². The number of phosphoric acid groups is 1. The van der Waals surface area contributed by atoms with Crippen molar-refractivity contribution in [3.63, 3.8) is 0 Å². The van der Waals surface area contributed by atoms with E-state index >= 15 is 0 Å². The third-order valence-corrected chi connectivity index (χ3v) is 13.2. The molecule has 3 atom stereocenters. The molecule has 0 aliphatic rings. The zero-order valence-electron chi connectivity index (χ0n) is 47.0. The van der Waals surface area contributed by atoms with Gasteiger partial charge in [-0.2, -0.15) is 0 Å². The Morgan fingerprint density at radius 1 is 0.392 bits per heavy atom. The van der Waals surface area contributed by atoms with E-state index in [1.807, 2.05) is 0 Å². The van der Waals surface area contributed by atoms with Gasteiger partial charge in [0.2, 0.25) is 0 Å². The summed E-state index contributed by atoms with van der Waals surface area (Å²) in [6.07, 6.45) is 63.9. The molecule has 74 heavy (non-hydrogen) atoms. The van der Waals surface area contributed by atoms with Gasteiger partial charge in [0.1, 0.15) is 12.7 Å². The number of hydrogen-bond acceptors (Lipinski definition) is 10. The predicted molar refractivity (Wildman–Crippen MR) is 307 cm³/mol. The fraction of sp³-hybridized carbons (Fsp3) is 0.726. The Bertz CT molecular complexity index is 1560. The molecule has 0 saturated carbocycles. The Labute approximate surface area is 451 Å². The number of ether oxygens (including phenoxy) is 3. The van der Waals surface area contributed by atoms with Crippen LogP contribution < -0.4 is 0 Å². The topological polar surface area (TPSA) is 155 Å². The second-order valence-corrected chi connectivity index (χ2v) is 20.9. The minimum Gasteiger partial charge on any atom is -0.462 e. The third kappa shape index (κ3) is 53.5. The van der Waals surface area contributed by atoms with Crippen LogP contribution in [0.25, 0.3) is 0 Å². The maximum Gasteiger partial charge on any atom is 0.472 e. The van der Waals surface area contributed by atoms with Crippen LogP contribution in [0.15, 0.2) is 85.1 Å². The lowest BCUT2D eigenvalue weighted by atomic mass is 10.1. The number of hydrogen-bond donors (Lipinski definition) is 2. The summed E-state index contributed by atoms with van der Waals surface area (Å²) in [4.78, 5) is 48.6. The smallest absolute Gasteiger partial charge is 0.462 e. The fourth-order valence-electron chi connectivity index (χ4n) is 7.79. The summed E-state index contributed by atoms with van der Waals surface area (Å²) in [5, 5.41) is 9.81. The summed E-state index contributed by atoms with van der Waals surface area (Å²) in [6.45, 7) is 4.42. The normalized spacial score (nSPS) is 14.0. The molecule has 0 spiro atoms. The molecule has 0 saturated heterocycles. The van der Waals surface area contributed by atoms with Crippen LogP contribution in [0.5, 0.6) is 0 Å². The quantitative estimate of drug-likeness (QED) is 0.0197. The van der Waals surface area contributed by atoms with Gasteiger partial charge in [0.15, 0.2) is 6.10 Å². The zero-order valence-corrected chi connectivity index (χ0v) is 47.9. The van der Waals surface area contributed by atoms with Crippen molar-refractivity contribution in [2.45, 2.75) is 264 Å². The summed E-state index contributed by atoms with van der Waals surface area (Å²) < 4.78 is 39.5. The van der Waals surface area contributed by atoms with E-state index in [-0.39, 0.29) is 25.9 Å². The van der Waals surface area contributed by atoms with E-state index in [1.54, 1.807) is 0 Å². The van der Waals surface area contributed by atoms with Gasteiger partial charge in [-0.3, -0.25) is 23.4 Å². The monoisotopic (exact) mass is 1060 g/mol. The van der Waals surface area contributed by atoms with Crippen LogP contribution in [0.3, 0.4) is 0 Å². The maximum absolute atomic E-state index is 12.9. The molecule has 0 radical (unpaired) electrons. The van der Waals surface area contributed by atoms with Gasteiger partial charge >= 0.3 is 25.7 Å². The molecule has 0 aromatic carbocycles.